The highest BCUT2D eigenvalue weighted by Crippen LogP contribution is 2.12. The maximum absolute atomic E-state index is 8.63. The lowest BCUT2D eigenvalue weighted by Gasteiger charge is -2.24. The molecule has 2 N–H and O–H groups in total. The van der Waals surface area contributed by atoms with Crippen molar-refractivity contribution in [2.45, 2.75) is 19.4 Å². The first kappa shape index (κ1) is 9.41. The average Bonchev–Trinajstić information content (AvgIpc) is 1.88. The molecule has 0 aromatic carbocycles. The summed E-state index contributed by atoms with van der Waals surface area (Å²) in [5, 5.41) is 8.63. The highest BCUT2D eigenvalue weighted by molar-refractivity contribution is 5.06. The molecule has 0 aliphatic rings. The standard InChI is InChI=1S/C7H14N2O/c1-6(2)7(9,4-8)5-10-3/h6H,5,9H2,1-3H3. The topological polar surface area (TPSA) is 59.0 Å². The van der Waals surface area contributed by atoms with Crippen molar-refractivity contribution in [3.63, 3.8) is 0 Å². The van der Waals surface area contributed by atoms with Gasteiger partial charge in [-0.2, -0.15) is 5.26 Å². The van der Waals surface area contributed by atoms with Gasteiger partial charge in [-0.05, 0) is 5.92 Å². The molecule has 0 aromatic heterocycles. The van der Waals surface area contributed by atoms with Crippen molar-refractivity contribution in [2.24, 2.45) is 11.7 Å². The molecule has 1 atom stereocenters. The van der Waals surface area contributed by atoms with Crippen LogP contribution in [-0.4, -0.2) is 19.3 Å². The molecule has 58 valence electrons. The predicted molar refractivity (Wildman–Crippen MR) is 39.2 cm³/mol. The van der Waals surface area contributed by atoms with Crippen molar-refractivity contribution in [2.75, 3.05) is 13.7 Å². The minimum absolute atomic E-state index is 0.123. The summed E-state index contributed by atoms with van der Waals surface area (Å²) >= 11 is 0. The van der Waals surface area contributed by atoms with Crippen molar-refractivity contribution in [1.29, 1.82) is 5.26 Å². The molecular weight excluding hydrogens is 128 g/mol. The first-order valence-electron chi connectivity index (χ1n) is 3.26. The molecule has 0 saturated carbocycles. The Bertz CT molecular complexity index is 139. The molecular formula is C7H14N2O. The first-order valence-corrected chi connectivity index (χ1v) is 3.26. The summed E-state index contributed by atoms with van der Waals surface area (Å²) in [5.74, 6) is 0.123. The lowest BCUT2D eigenvalue weighted by atomic mass is 9.90. The van der Waals surface area contributed by atoms with Gasteiger partial charge in [0.1, 0.15) is 5.54 Å². The molecule has 0 aromatic rings. The first-order chi connectivity index (χ1) is 4.56. The summed E-state index contributed by atoms with van der Waals surface area (Å²) in [6, 6.07) is 2.03. The van der Waals surface area contributed by atoms with Gasteiger partial charge < -0.3 is 10.5 Å². The fourth-order valence-corrected chi connectivity index (χ4v) is 0.567. The van der Waals surface area contributed by atoms with Gasteiger partial charge in [-0.1, -0.05) is 13.8 Å². The molecule has 0 heterocycles. The minimum atomic E-state index is -0.825. The normalized spacial score (nSPS) is 16.4. The van der Waals surface area contributed by atoms with E-state index in [1.54, 1.807) is 7.11 Å². The Hall–Kier alpha value is -0.590. The van der Waals surface area contributed by atoms with E-state index in [1.165, 1.54) is 0 Å². The molecule has 0 aliphatic heterocycles. The van der Waals surface area contributed by atoms with Crippen molar-refractivity contribution in [3.05, 3.63) is 0 Å². The molecule has 0 rings (SSSR count). The number of nitrogens with zero attached hydrogens (tertiary/aromatic N) is 1. The smallest absolute Gasteiger partial charge is 0.130 e. The Kier molecular flexibility index (Phi) is 3.34. The molecule has 0 radical (unpaired) electrons. The number of hydrogen-bond donors (Lipinski definition) is 1. The van der Waals surface area contributed by atoms with E-state index in [0.29, 0.717) is 6.61 Å². The van der Waals surface area contributed by atoms with Crippen LogP contribution in [0.5, 0.6) is 0 Å². The maximum atomic E-state index is 8.63. The van der Waals surface area contributed by atoms with Gasteiger partial charge in [-0.15, -0.1) is 0 Å². The summed E-state index contributed by atoms with van der Waals surface area (Å²) < 4.78 is 4.81. The number of nitriles is 1. The zero-order chi connectivity index (χ0) is 8.20. The van der Waals surface area contributed by atoms with E-state index in [2.05, 4.69) is 0 Å². The SMILES string of the molecule is COCC(N)(C#N)C(C)C. The number of nitrogens with two attached hydrogens (primary N) is 1. The van der Waals surface area contributed by atoms with Crippen LogP contribution in [0.1, 0.15) is 13.8 Å². The highest BCUT2D eigenvalue weighted by atomic mass is 16.5. The number of hydrogen-bond acceptors (Lipinski definition) is 3. The molecule has 0 bridgehead atoms. The van der Waals surface area contributed by atoms with Crippen LogP contribution < -0.4 is 5.73 Å². The van der Waals surface area contributed by atoms with Crippen LogP contribution in [0.2, 0.25) is 0 Å². The summed E-state index contributed by atoms with van der Waals surface area (Å²) in [4.78, 5) is 0. The van der Waals surface area contributed by atoms with Crippen molar-refractivity contribution in [1.82, 2.24) is 0 Å². The van der Waals surface area contributed by atoms with Gasteiger partial charge in [0, 0.05) is 7.11 Å². The van der Waals surface area contributed by atoms with E-state index in [-0.39, 0.29) is 5.92 Å². The van der Waals surface area contributed by atoms with Gasteiger partial charge in [-0.3, -0.25) is 0 Å². The van der Waals surface area contributed by atoms with E-state index in [1.807, 2.05) is 19.9 Å². The van der Waals surface area contributed by atoms with Crippen LogP contribution >= 0.6 is 0 Å². The Balaban J connectivity index is 4.12. The Morgan fingerprint density at radius 2 is 2.20 bits per heavy atom. The number of methoxy groups -OCH3 is 1. The van der Waals surface area contributed by atoms with Crippen molar-refractivity contribution < 1.29 is 4.74 Å². The molecule has 0 fully saturated rings. The van der Waals surface area contributed by atoms with Crippen LogP contribution in [0, 0.1) is 17.2 Å². The molecule has 3 heteroatoms. The fourth-order valence-electron chi connectivity index (χ4n) is 0.567. The molecule has 3 nitrogen and oxygen atoms in total. The molecule has 0 amide bonds. The van der Waals surface area contributed by atoms with Crippen LogP contribution in [0.4, 0.5) is 0 Å². The second-order valence-corrected chi connectivity index (χ2v) is 2.74. The van der Waals surface area contributed by atoms with Gasteiger partial charge in [0.2, 0.25) is 0 Å². The predicted octanol–water partition coefficient (Wildman–Crippen LogP) is 0.510. The summed E-state index contributed by atoms with van der Waals surface area (Å²) in [6.45, 7) is 4.10. The third-order valence-corrected chi connectivity index (χ3v) is 1.62. The molecule has 0 aliphatic carbocycles. The van der Waals surface area contributed by atoms with Gasteiger partial charge in [0.05, 0.1) is 12.7 Å². The Morgan fingerprint density at radius 1 is 1.70 bits per heavy atom. The summed E-state index contributed by atoms with van der Waals surface area (Å²) in [5.41, 5.74) is 4.84. The molecule has 1 unspecified atom stereocenters. The third kappa shape index (κ3) is 1.98. The molecule has 0 spiro atoms. The van der Waals surface area contributed by atoms with Crippen molar-refractivity contribution in [3.8, 4) is 6.07 Å². The number of rotatable bonds is 3. The Morgan fingerprint density at radius 3 is 2.30 bits per heavy atom. The lowest BCUT2D eigenvalue weighted by molar-refractivity contribution is 0.134. The van der Waals surface area contributed by atoms with E-state index in [4.69, 9.17) is 15.7 Å². The third-order valence-electron chi connectivity index (χ3n) is 1.62. The minimum Gasteiger partial charge on any atom is -0.382 e. The van der Waals surface area contributed by atoms with Crippen molar-refractivity contribution >= 4 is 0 Å². The monoisotopic (exact) mass is 142 g/mol. The molecule has 10 heavy (non-hydrogen) atoms. The van der Waals surface area contributed by atoms with E-state index in [0.717, 1.165) is 0 Å². The van der Waals surface area contributed by atoms with E-state index in [9.17, 15) is 0 Å². The summed E-state index contributed by atoms with van der Waals surface area (Å²) in [6.07, 6.45) is 0. The highest BCUT2D eigenvalue weighted by Gasteiger charge is 2.28. The zero-order valence-corrected chi connectivity index (χ0v) is 6.72. The van der Waals surface area contributed by atoms with Gasteiger partial charge in [0.15, 0.2) is 0 Å². The van der Waals surface area contributed by atoms with Crippen LogP contribution in [0.25, 0.3) is 0 Å². The van der Waals surface area contributed by atoms with Gasteiger partial charge >= 0.3 is 0 Å². The fraction of sp³-hybridized carbons (Fsp3) is 0.857. The molecule has 0 saturated heterocycles. The zero-order valence-electron chi connectivity index (χ0n) is 6.72. The Labute approximate surface area is 61.8 Å². The second kappa shape index (κ2) is 3.55. The van der Waals surface area contributed by atoms with Gasteiger partial charge in [-0.25, -0.2) is 0 Å². The van der Waals surface area contributed by atoms with Gasteiger partial charge in [0.25, 0.3) is 0 Å². The van der Waals surface area contributed by atoms with E-state index >= 15 is 0 Å². The maximum Gasteiger partial charge on any atom is 0.130 e. The van der Waals surface area contributed by atoms with Crippen LogP contribution in [-0.2, 0) is 4.74 Å². The lowest BCUT2D eigenvalue weighted by Crippen LogP contribution is -2.47. The number of ether oxygens (including phenoxy) is 1. The van der Waals surface area contributed by atoms with Crippen LogP contribution in [0.3, 0.4) is 0 Å². The average molecular weight is 142 g/mol. The second-order valence-electron chi connectivity index (χ2n) is 2.74. The van der Waals surface area contributed by atoms with E-state index < -0.39 is 5.54 Å². The summed E-state index contributed by atoms with van der Waals surface area (Å²) in [7, 11) is 1.54. The quantitative estimate of drug-likeness (QED) is 0.624. The largest absolute Gasteiger partial charge is 0.382 e. The van der Waals surface area contributed by atoms with Crippen LogP contribution in [0.15, 0.2) is 0 Å².